The Kier molecular flexibility index (Phi) is 4.50. The number of aliphatic hydroxyl groups excluding tert-OH is 1. The highest BCUT2D eigenvalue weighted by Crippen LogP contribution is 2.68. The number of carbonyl (C=O) groups is 4. The molecule has 1 heterocycles. The second kappa shape index (κ2) is 6.37. The van der Waals surface area contributed by atoms with Gasteiger partial charge in [-0.2, -0.15) is 0 Å². The van der Waals surface area contributed by atoms with Gasteiger partial charge < -0.3 is 14.6 Å². The predicted octanol–water partition coefficient (Wildman–Crippen LogP) is 1.69. The minimum absolute atomic E-state index is 0.00348. The molecule has 0 aromatic rings. The Morgan fingerprint density at radius 2 is 1.79 bits per heavy atom. The number of carbonyl (C=O) groups excluding carboxylic acids is 4. The van der Waals surface area contributed by atoms with Gasteiger partial charge in [0.2, 0.25) is 0 Å². The summed E-state index contributed by atoms with van der Waals surface area (Å²) in [6.07, 6.45) is -1.68. The third-order valence-corrected chi connectivity index (χ3v) is 8.75. The van der Waals surface area contributed by atoms with Crippen LogP contribution in [0.1, 0.15) is 53.9 Å². The fourth-order valence-electron chi connectivity index (χ4n) is 7.48. The van der Waals surface area contributed by atoms with Crippen LogP contribution in [-0.4, -0.2) is 46.9 Å². The highest BCUT2D eigenvalue weighted by atomic mass is 16.6. The first-order chi connectivity index (χ1) is 13.4. The maximum atomic E-state index is 13.4. The maximum Gasteiger partial charge on any atom is 0.306 e. The quantitative estimate of drug-likeness (QED) is 0.660. The molecule has 0 aromatic heterocycles. The molecule has 4 fully saturated rings. The zero-order valence-electron chi connectivity index (χ0n) is 17.6. The van der Waals surface area contributed by atoms with E-state index in [1.54, 1.807) is 6.92 Å². The molecule has 4 rings (SSSR count). The second-order valence-corrected chi connectivity index (χ2v) is 10.1. The molecule has 3 saturated carbocycles. The van der Waals surface area contributed by atoms with Gasteiger partial charge in [-0.05, 0) is 30.6 Å². The summed E-state index contributed by atoms with van der Waals surface area (Å²) in [4.78, 5) is 51.1. The zero-order valence-corrected chi connectivity index (χ0v) is 17.6. The van der Waals surface area contributed by atoms with Gasteiger partial charge in [0.15, 0.2) is 17.7 Å². The molecule has 0 aromatic carbocycles. The summed E-state index contributed by atoms with van der Waals surface area (Å²) >= 11 is 0. The summed E-state index contributed by atoms with van der Waals surface area (Å²) in [5.74, 6) is -3.03. The Labute approximate surface area is 170 Å². The minimum Gasteiger partial charge on any atom is -0.462 e. The Balaban J connectivity index is 1.95. The molecule has 0 bridgehead atoms. The monoisotopic (exact) mass is 406 g/mol. The minimum atomic E-state index is -1.11. The zero-order chi connectivity index (χ0) is 21.5. The lowest BCUT2D eigenvalue weighted by Gasteiger charge is -2.67. The molecule has 10 atom stereocenters. The van der Waals surface area contributed by atoms with E-state index in [1.807, 2.05) is 20.8 Å². The molecule has 3 aliphatic carbocycles. The van der Waals surface area contributed by atoms with Crippen LogP contribution < -0.4 is 0 Å². The second-order valence-electron chi connectivity index (χ2n) is 10.1. The number of aliphatic hydroxyl groups is 1. The van der Waals surface area contributed by atoms with Gasteiger partial charge >= 0.3 is 11.9 Å². The topological polar surface area (TPSA) is 107 Å². The van der Waals surface area contributed by atoms with Crippen molar-refractivity contribution < 1.29 is 33.8 Å². The van der Waals surface area contributed by atoms with E-state index in [0.717, 1.165) is 0 Å². The van der Waals surface area contributed by atoms with Crippen molar-refractivity contribution >= 4 is 23.5 Å². The van der Waals surface area contributed by atoms with Crippen LogP contribution in [0.4, 0.5) is 0 Å². The van der Waals surface area contributed by atoms with E-state index in [4.69, 9.17) is 9.47 Å². The highest BCUT2D eigenvalue weighted by molar-refractivity contribution is 5.94. The number of Topliss-reactive ketones (excluding diaryl/α,β-unsaturated/α-hetero) is 2. The summed E-state index contributed by atoms with van der Waals surface area (Å²) in [5.41, 5.74) is -1.74. The van der Waals surface area contributed by atoms with Crippen LogP contribution in [0, 0.1) is 40.4 Å². The first-order valence-electron chi connectivity index (χ1n) is 10.6. The summed E-state index contributed by atoms with van der Waals surface area (Å²) in [6.45, 7) is 8.80. The summed E-state index contributed by atoms with van der Waals surface area (Å²) in [7, 11) is 0. The van der Waals surface area contributed by atoms with Gasteiger partial charge in [-0.3, -0.25) is 19.2 Å². The molecule has 160 valence electrons. The lowest BCUT2D eigenvalue weighted by molar-refractivity contribution is -0.258. The third-order valence-electron chi connectivity index (χ3n) is 8.75. The van der Waals surface area contributed by atoms with Crippen LogP contribution in [0.15, 0.2) is 0 Å². The molecule has 4 aliphatic rings. The smallest absolute Gasteiger partial charge is 0.306 e. The van der Waals surface area contributed by atoms with Gasteiger partial charge in [-0.15, -0.1) is 0 Å². The largest absolute Gasteiger partial charge is 0.462 e. The van der Waals surface area contributed by atoms with E-state index in [9.17, 15) is 24.3 Å². The number of ketones is 2. The molecule has 7 nitrogen and oxygen atoms in total. The number of esters is 2. The van der Waals surface area contributed by atoms with E-state index in [1.165, 1.54) is 6.92 Å². The van der Waals surface area contributed by atoms with Crippen molar-refractivity contribution in [3.63, 3.8) is 0 Å². The van der Waals surface area contributed by atoms with Gasteiger partial charge in [-0.1, -0.05) is 27.7 Å². The molecule has 0 radical (unpaired) electrons. The summed E-state index contributed by atoms with van der Waals surface area (Å²) < 4.78 is 11.4. The molecule has 1 aliphatic heterocycles. The van der Waals surface area contributed by atoms with Gasteiger partial charge in [0.1, 0.15) is 12.2 Å². The van der Waals surface area contributed by atoms with E-state index >= 15 is 0 Å². The molecular formula is C22H30O7. The SMILES string of the molecule is CC(=O)OC1C(=O)C(C)C2CC(=O)OC3CC4C(C)CC(O)C(=O)C4(C)C1C32C. The third kappa shape index (κ3) is 2.52. The Morgan fingerprint density at radius 3 is 2.41 bits per heavy atom. The van der Waals surface area contributed by atoms with Gasteiger partial charge in [-0.25, -0.2) is 0 Å². The number of rotatable bonds is 1. The summed E-state index contributed by atoms with van der Waals surface area (Å²) in [5, 5.41) is 10.5. The van der Waals surface area contributed by atoms with Crippen molar-refractivity contribution in [2.75, 3.05) is 0 Å². The molecule has 0 spiro atoms. The van der Waals surface area contributed by atoms with Crippen molar-refractivity contribution in [2.45, 2.75) is 72.2 Å². The van der Waals surface area contributed by atoms with Crippen molar-refractivity contribution in [1.29, 1.82) is 0 Å². The predicted molar refractivity (Wildman–Crippen MR) is 100 cm³/mol. The van der Waals surface area contributed by atoms with Gasteiger partial charge in [0.25, 0.3) is 0 Å². The molecule has 1 N–H and O–H groups in total. The van der Waals surface area contributed by atoms with E-state index in [-0.39, 0.29) is 41.7 Å². The number of fused-ring (bicyclic) bond motifs is 2. The average molecular weight is 406 g/mol. The van der Waals surface area contributed by atoms with Gasteiger partial charge in [0.05, 0.1) is 0 Å². The fourth-order valence-corrected chi connectivity index (χ4v) is 7.48. The lowest BCUT2D eigenvalue weighted by atomic mass is 9.37. The number of hydrogen-bond acceptors (Lipinski definition) is 7. The fraction of sp³-hybridized carbons (Fsp3) is 0.818. The van der Waals surface area contributed by atoms with Crippen molar-refractivity contribution in [2.24, 2.45) is 40.4 Å². The molecular weight excluding hydrogens is 376 g/mol. The molecule has 1 saturated heterocycles. The highest BCUT2D eigenvalue weighted by Gasteiger charge is 2.74. The maximum absolute atomic E-state index is 13.4. The first-order valence-corrected chi connectivity index (χ1v) is 10.6. The van der Waals surface area contributed by atoms with E-state index in [2.05, 4.69) is 0 Å². The molecule has 29 heavy (non-hydrogen) atoms. The van der Waals surface area contributed by atoms with Crippen LogP contribution in [0.5, 0.6) is 0 Å². The normalized spacial score (nSPS) is 51.6. The Morgan fingerprint density at radius 1 is 1.14 bits per heavy atom. The van der Waals surface area contributed by atoms with Crippen LogP contribution in [0.3, 0.4) is 0 Å². The van der Waals surface area contributed by atoms with Crippen molar-refractivity contribution in [3.05, 3.63) is 0 Å². The average Bonchev–Trinajstić information content (AvgIpc) is 2.62. The van der Waals surface area contributed by atoms with Crippen molar-refractivity contribution in [1.82, 2.24) is 0 Å². The molecule has 0 amide bonds. The van der Waals surface area contributed by atoms with Crippen LogP contribution >= 0.6 is 0 Å². The number of ether oxygens (including phenoxy) is 2. The van der Waals surface area contributed by atoms with Crippen LogP contribution in [0.25, 0.3) is 0 Å². The van der Waals surface area contributed by atoms with E-state index < -0.39 is 46.9 Å². The van der Waals surface area contributed by atoms with Crippen LogP contribution in [-0.2, 0) is 28.7 Å². The first kappa shape index (κ1) is 20.5. The lowest BCUT2D eigenvalue weighted by Crippen LogP contribution is -2.74. The van der Waals surface area contributed by atoms with E-state index in [0.29, 0.717) is 12.8 Å². The standard InChI is InChI=1S/C22H30O7/c1-9-6-14(24)20(27)22(5)12(9)7-15-21(4)13(8-16(25)29-15)10(2)17(26)18(19(21)22)28-11(3)23/h9-10,12-15,18-19,24H,6-8H2,1-5H3. The summed E-state index contributed by atoms with van der Waals surface area (Å²) in [6, 6.07) is 0. The van der Waals surface area contributed by atoms with Crippen LogP contribution in [0.2, 0.25) is 0 Å². The Bertz CT molecular complexity index is 790. The molecule has 7 heteroatoms. The number of hydrogen-bond donors (Lipinski definition) is 1. The molecule has 10 unspecified atom stereocenters. The van der Waals surface area contributed by atoms with Gasteiger partial charge in [0, 0.05) is 36.0 Å². The Hall–Kier alpha value is -1.76. The van der Waals surface area contributed by atoms with Crippen molar-refractivity contribution in [3.8, 4) is 0 Å².